The van der Waals surface area contributed by atoms with E-state index in [9.17, 15) is 0 Å². The van der Waals surface area contributed by atoms with E-state index in [-0.39, 0.29) is 0 Å². The van der Waals surface area contributed by atoms with Crippen molar-refractivity contribution >= 4 is 5.82 Å². The Morgan fingerprint density at radius 1 is 1.44 bits per heavy atom. The van der Waals surface area contributed by atoms with Crippen LogP contribution in [0.4, 0.5) is 5.82 Å². The first kappa shape index (κ1) is 13.0. The van der Waals surface area contributed by atoms with Gasteiger partial charge in [0, 0.05) is 12.2 Å². The monoisotopic (exact) mass is 221 g/mol. The van der Waals surface area contributed by atoms with Gasteiger partial charge in [-0.05, 0) is 44.4 Å². The molecule has 0 aliphatic heterocycles. The van der Waals surface area contributed by atoms with Crippen LogP contribution in [-0.2, 0) is 6.42 Å². The lowest BCUT2D eigenvalue weighted by Gasteiger charge is -2.14. The van der Waals surface area contributed by atoms with Gasteiger partial charge in [0.05, 0.1) is 0 Å². The number of nitrogens with zero attached hydrogens (tertiary/aromatic N) is 1. The van der Waals surface area contributed by atoms with Gasteiger partial charge in [0.2, 0.25) is 0 Å². The van der Waals surface area contributed by atoms with Gasteiger partial charge in [0.25, 0.3) is 0 Å². The van der Waals surface area contributed by atoms with Gasteiger partial charge in [-0.25, -0.2) is 4.98 Å². The van der Waals surface area contributed by atoms with E-state index < -0.39 is 0 Å². The van der Waals surface area contributed by atoms with Crippen LogP contribution in [0.3, 0.4) is 0 Å². The van der Waals surface area contributed by atoms with Gasteiger partial charge >= 0.3 is 0 Å². The van der Waals surface area contributed by atoms with Crippen LogP contribution in [0.5, 0.6) is 0 Å². The second-order valence-electron chi connectivity index (χ2n) is 4.21. The number of nitrogen functional groups attached to an aromatic ring is 1. The number of rotatable bonds is 7. The summed E-state index contributed by atoms with van der Waals surface area (Å²) in [7, 11) is 2.04. The smallest absolute Gasteiger partial charge is 0.126 e. The van der Waals surface area contributed by atoms with Crippen LogP contribution in [0.25, 0.3) is 0 Å². The van der Waals surface area contributed by atoms with E-state index in [1.807, 2.05) is 13.1 Å². The maximum absolute atomic E-state index is 5.80. The lowest BCUT2D eigenvalue weighted by Crippen LogP contribution is -2.24. The third kappa shape index (κ3) is 4.19. The van der Waals surface area contributed by atoms with E-state index in [1.165, 1.54) is 31.2 Å². The summed E-state index contributed by atoms with van der Waals surface area (Å²) in [6, 6.07) is 4.66. The minimum atomic E-state index is 0.642. The summed E-state index contributed by atoms with van der Waals surface area (Å²) in [5.41, 5.74) is 6.98. The second kappa shape index (κ2) is 7.23. The number of nitrogens with one attached hydrogen (secondary N) is 1. The summed E-state index contributed by atoms with van der Waals surface area (Å²) in [6.45, 7) is 2.23. The molecule has 0 saturated heterocycles. The molecule has 1 heterocycles. The Hall–Kier alpha value is -1.09. The largest absolute Gasteiger partial charge is 0.383 e. The highest BCUT2D eigenvalue weighted by atomic mass is 14.9. The van der Waals surface area contributed by atoms with Crippen molar-refractivity contribution < 1.29 is 0 Å². The molecule has 1 rings (SSSR count). The fourth-order valence-corrected chi connectivity index (χ4v) is 1.98. The molecule has 0 radical (unpaired) electrons. The minimum absolute atomic E-state index is 0.642. The van der Waals surface area contributed by atoms with Crippen LogP contribution in [0.15, 0.2) is 18.3 Å². The number of nitrogens with two attached hydrogens (primary N) is 1. The topological polar surface area (TPSA) is 50.9 Å². The first-order chi connectivity index (χ1) is 7.77. The Kier molecular flexibility index (Phi) is 5.86. The van der Waals surface area contributed by atoms with Crippen molar-refractivity contribution in [1.82, 2.24) is 10.3 Å². The fourth-order valence-electron chi connectivity index (χ4n) is 1.98. The zero-order valence-corrected chi connectivity index (χ0v) is 10.4. The molecule has 0 aliphatic carbocycles. The Balaban J connectivity index is 2.32. The van der Waals surface area contributed by atoms with Gasteiger partial charge in [-0.3, -0.25) is 0 Å². The normalized spacial score (nSPS) is 12.6. The average Bonchev–Trinajstić information content (AvgIpc) is 2.30. The molecule has 0 aromatic carbocycles. The average molecular weight is 221 g/mol. The van der Waals surface area contributed by atoms with Gasteiger partial charge in [0.15, 0.2) is 0 Å². The molecule has 1 unspecified atom stereocenters. The number of aromatic nitrogens is 1. The van der Waals surface area contributed by atoms with Gasteiger partial charge in [0.1, 0.15) is 5.82 Å². The lowest BCUT2D eigenvalue weighted by atomic mass is 10.0. The molecule has 0 aliphatic rings. The summed E-state index contributed by atoms with van der Waals surface area (Å²) in [5.74, 6) is 0.680. The molecule has 0 bridgehead atoms. The summed E-state index contributed by atoms with van der Waals surface area (Å²) in [4.78, 5) is 4.10. The Labute approximate surface area is 98.5 Å². The van der Waals surface area contributed by atoms with Gasteiger partial charge in [-0.1, -0.05) is 19.4 Å². The van der Waals surface area contributed by atoms with Gasteiger partial charge < -0.3 is 11.1 Å². The summed E-state index contributed by atoms with van der Waals surface area (Å²) >= 11 is 0. The standard InChI is InChI=1S/C13H23N3/c1-3-6-12(15-2)9-4-7-11-8-5-10-16-13(11)14/h5,8,10,12,15H,3-4,6-7,9H2,1-2H3,(H2,14,16). The highest BCUT2D eigenvalue weighted by Gasteiger charge is 2.05. The molecule has 1 aromatic heterocycles. The third-order valence-electron chi connectivity index (χ3n) is 2.97. The molecular weight excluding hydrogens is 198 g/mol. The molecule has 0 spiro atoms. The zero-order valence-electron chi connectivity index (χ0n) is 10.4. The van der Waals surface area contributed by atoms with Crippen LogP contribution >= 0.6 is 0 Å². The van der Waals surface area contributed by atoms with E-state index >= 15 is 0 Å². The number of hydrogen-bond donors (Lipinski definition) is 2. The summed E-state index contributed by atoms with van der Waals surface area (Å²) in [5, 5.41) is 3.36. The molecular formula is C13H23N3. The van der Waals surface area contributed by atoms with Crippen LogP contribution in [0, 0.1) is 0 Å². The van der Waals surface area contributed by atoms with E-state index in [2.05, 4.69) is 23.3 Å². The molecule has 16 heavy (non-hydrogen) atoms. The molecule has 3 heteroatoms. The lowest BCUT2D eigenvalue weighted by molar-refractivity contribution is 0.470. The van der Waals surface area contributed by atoms with Crippen molar-refractivity contribution in [3.63, 3.8) is 0 Å². The maximum Gasteiger partial charge on any atom is 0.126 e. The van der Waals surface area contributed by atoms with Gasteiger partial charge in [-0.15, -0.1) is 0 Å². The zero-order chi connectivity index (χ0) is 11.8. The molecule has 90 valence electrons. The van der Waals surface area contributed by atoms with Crippen molar-refractivity contribution in [2.75, 3.05) is 12.8 Å². The molecule has 3 N–H and O–H groups in total. The SMILES string of the molecule is CCCC(CCCc1cccnc1N)NC. The van der Waals surface area contributed by atoms with Crippen LogP contribution in [-0.4, -0.2) is 18.1 Å². The summed E-state index contributed by atoms with van der Waals surface area (Å²) < 4.78 is 0. The van der Waals surface area contributed by atoms with E-state index in [1.54, 1.807) is 6.20 Å². The molecule has 3 nitrogen and oxygen atoms in total. The quantitative estimate of drug-likeness (QED) is 0.743. The predicted octanol–water partition coefficient (Wildman–Crippen LogP) is 2.37. The number of aryl methyl sites for hydroxylation is 1. The van der Waals surface area contributed by atoms with Gasteiger partial charge in [-0.2, -0.15) is 0 Å². The predicted molar refractivity (Wildman–Crippen MR) is 69.3 cm³/mol. The highest BCUT2D eigenvalue weighted by molar-refractivity contribution is 5.38. The Bertz CT molecular complexity index is 299. The van der Waals surface area contributed by atoms with Crippen LogP contribution in [0.1, 0.15) is 38.2 Å². The highest BCUT2D eigenvalue weighted by Crippen LogP contribution is 2.13. The Morgan fingerprint density at radius 3 is 2.88 bits per heavy atom. The van der Waals surface area contributed by atoms with E-state index in [4.69, 9.17) is 5.73 Å². The van der Waals surface area contributed by atoms with Crippen molar-refractivity contribution in [1.29, 1.82) is 0 Å². The summed E-state index contributed by atoms with van der Waals surface area (Å²) in [6.07, 6.45) is 7.63. The van der Waals surface area contributed by atoms with E-state index in [0.717, 1.165) is 6.42 Å². The van der Waals surface area contributed by atoms with Crippen LogP contribution in [0.2, 0.25) is 0 Å². The molecule has 0 saturated carbocycles. The van der Waals surface area contributed by atoms with Crippen molar-refractivity contribution in [3.8, 4) is 0 Å². The first-order valence-corrected chi connectivity index (χ1v) is 6.14. The molecule has 0 fully saturated rings. The number of hydrogen-bond acceptors (Lipinski definition) is 3. The van der Waals surface area contributed by atoms with Crippen molar-refractivity contribution in [2.45, 2.75) is 45.1 Å². The second-order valence-corrected chi connectivity index (χ2v) is 4.21. The molecule has 1 atom stereocenters. The van der Waals surface area contributed by atoms with Crippen LogP contribution < -0.4 is 11.1 Å². The number of pyridine rings is 1. The third-order valence-corrected chi connectivity index (χ3v) is 2.97. The number of anilines is 1. The maximum atomic E-state index is 5.80. The fraction of sp³-hybridized carbons (Fsp3) is 0.615. The molecule has 1 aromatic rings. The van der Waals surface area contributed by atoms with Crippen molar-refractivity contribution in [3.05, 3.63) is 23.9 Å². The Morgan fingerprint density at radius 2 is 2.25 bits per heavy atom. The van der Waals surface area contributed by atoms with Crippen molar-refractivity contribution in [2.24, 2.45) is 0 Å². The minimum Gasteiger partial charge on any atom is -0.383 e. The first-order valence-electron chi connectivity index (χ1n) is 6.14. The van der Waals surface area contributed by atoms with E-state index in [0.29, 0.717) is 11.9 Å². The molecule has 0 amide bonds.